The van der Waals surface area contributed by atoms with Crippen molar-refractivity contribution in [1.82, 2.24) is 10.2 Å². The predicted octanol–water partition coefficient (Wildman–Crippen LogP) is 4.50. The molecule has 0 saturated carbocycles. The van der Waals surface area contributed by atoms with Gasteiger partial charge in [0.05, 0.1) is 22.0 Å². The van der Waals surface area contributed by atoms with Crippen LogP contribution in [0.5, 0.6) is 0 Å². The van der Waals surface area contributed by atoms with Gasteiger partial charge in [0.1, 0.15) is 0 Å². The van der Waals surface area contributed by atoms with Crippen LogP contribution >= 0.6 is 23.2 Å². The third kappa shape index (κ3) is 4.49. The fourth-order valence-corrected chi connectivity index (χ4v) is 3.65. The van der Waals surface area contributed by atoms with E-state index in [1.807, 2.05) is 0 Å². The number of nitrogens with zero attached hydrogens (tertiary/aromatic N) is 2. The van der Waals surface area contributed by atoms with E-state index in [0.717, 1.165) is 0 Å². The van der Waals surface area contributed by atoms with Crippen molar-refractivity contribution in [3.63, 3.8) is 0 Å². The minimum atomic E-state index is -3.41. The summed E-state index contributed by atoms with van der Waals surface area (Å²) in [5.41, 5.74) is 1.98. The number of halogens is 2. The first-order valence-electron chi connectivity index (χ1n) is 8.23. The molecule has 0 aliphatic heterocycles. The van der Waals surface area contributed by atoms with Crippen LogP contribution in [0.1, 0.15) is 17.3 Å². The lowest BCUT2D eigenvalue weighted by Crippen LogP contribution is -2.12. The molecule has 0 aliphatic rings. The lowest BCUT2D eigenvalue weighted by atomic mass is 10.1. The summed E-state index contributed by atoms with van der Waals surface area (Å²) < 4.78 is 23.7. The molecule has 0 spiro atoms. The molecule has 9 heteroatoms. The number of benzene rings is 2. The zero-order valence-corrected chi connectivity index (χ0v) is 17.0. The van der Waals surface area contributed by atoms with Gasteiger partial charge < -0.3 is 5.32 Å². The fraction of sp³-hybridized carbons (Fsp3) is 0.105. The smallest absolute Gasteiger partial charge is 0.257 e. The van der Waals surface area contributed by atoms with Crippen molar-refractivity contribution >= 4 is 44.6 Å². The monoisotopic (exact) mass is 435 g/mol. The molecule has 3 aromatic rings. The molecule has 0 atom stereocenters. The minimum absolute atomic E-state index is 0.0458. The molecule has 2 aromatic carbocycles. The van der Waals surface area contributed by atoms with Crippen LogP contribution in [0, 0.1) is 0 Å². The van der Waals surface area contributed by atoms with Gasteiger partial charge >= 0.3 is 0 Å². The third-order valence-corrected chi connectivity index (χ3v) is 6.09. The van der Waals surface area contributed by atoms with E-state index in [9.17, 15) is 13.2 Å². The first kappa shape index (κ1) is 20.3. The Bertz CT molecular complexity index is 1130. The fourth-order valence-electron chi connectivity index (χ4n) is 2.42. The van der Waals surface area contributed by atoms with Gasteiger partial charge in [-0.1, -0.05) is 42.3 Å². The molecule has 0 saturated heterocycles. The van der Waals surface area contributed by atoms with Crippen LogP contribution in [0.3, 0.4) is 0 Å². The van der Waals surface area contributed by atoms with Gasteiger partial charge in [0, 0.05) is 16.3 Å². The van der Waals surface area contributed by atoms with Crippen LogP contribution in [0.15, 0.2) is 59.6 Å². The molecule has 1 amide bonds. The first-order valence-corrected chi connectivity index (χ1v) is 10.6. The quantitative estimate of drug-likeness (QED) is 0.637. The Labute approximate surface area is 172 Å². The van der Waals surface area contributed by atoms with Crippen LogP contribution in [0.25, 0.3) is 11.3 Å². The van der Waals surface area contributed by atoms with E-state index in [1.54, 1.807) is 49.4 Å². The number of hydrogen-bond donors (Lipinski definition) is 1. The summed E-state index contributed by atoms with van der Waals surface area (Å²) in [5, 5.41) is 11.2. The normalized spacial score (nSPS) is 11.2. The Balaban J connectivity index is 1.83. The number of anilines is 1. The zero-order chi connectivity index (χ0) is 20.3. The summed E-state index contributed by atoms with van der Waals surface area (Å²) >= 11 is 11.9. The van der Waals surface area contributed by atoms with E-state index >= 15 is 0 Å². The van der Waals surface area contributed by atoms with Crippen LogP contribution in [0.4, 0.5) is 5.69 Å². The highest BCUT2D eigenvalue weighted by atomic mass is 35.5. The van der Waals surface area contributed by atoms with Crippen molar-refractivity contribution in [2.75, 3.05) is 11.1 Å². The van der Waals surface area contributed by atoms with Crippen molar-refractivity contribution in [2.45, 2.75) is 11.9 Å². The maximum Gasteiger partial charge on any atom is 0.257 e. The summed E-state index contributed by atoms with van der Waals surface area (Å²) in [6.07, 6.45) is 0. The average Bonchev–Trinajstić information content (AvgIpc) is 2.68. The molecule has 0 radical (unpaired) electrons. The van der Waals surface area contributed by atoms with Crippen molar-refractivity contribution in [2.24, 2.45) is 0 Å². The van der Waals surface area contributed by atoms with Gasteiger partial charge in [-0.05, 0) is 42.5 Å². The SMILES string of the molecule is CCS(=O)(=O)c1ccc(-c2cccc(NC(=O)c3ccc(Cl)cc3Cl)c2)nn1. The highest BCUT2D eigenvalue weighted by Gasteiger charge is 2.15. The molecular formula is C19H15Cl2N3O3S. The number of sulfone groups is 1. The number of rotatable bonds is 5. The van der Waals surface area contributed by atoms with E-state index in [2.05, 4.69) is 15.5 Å². The van der Waals surface area contributed by atoms with Crippen molar-refractivity contribution in [3.8, 4) is 11.3 Å². The van der Waals surface area contributed by atoms with Gasteiger partial charge in [-0.15, -0.1) is 10.2 Å². The van der Waals surface area contributed by atoms with Gasteiger partial charge in [-0.3, -0.25) is 4.79 Å². The number of aromatic nitrogens is 2. The molecule has 1 heterocycles. The average molecular weight is 436 g/mol. The maximum absolute atomic E-state index is 12.4. The van der Waals surface area contributed by atoms with Gasteiger partial charge in [-0.25, -0.2) is 8.42 Å². The molecule has 28 heavy (non-hydrogen) atoms. The molecule has 144 valence electrons. The molecule has 0 bridgehead atoms. The molecule has 0 fully saturated rings. The summed E-state index contributed by atoms with van der Waals surface area (Å²) in [4.78, 5) is 12.4. The number of carbonyl (C=O) groups is 1. The molecule has 6 nitrogen and oxygen atoms in total. The molecule has 3 rings (SSSR count). The summed E-state index contributed by atoms with van der Waals surface area (Å²) in [5.74, 6) is -0.426. The van der Waals surface area contributed by atoms with Crippen molar-refractivity contribution in [1.29, 1.82) is 0 Å². The highest BCUT2D eigenvalue weighted by molar-refractivity contribution is 7.91. The number of amides is 1. The summed E-state index contributed by atoms with van der Waals surface area (Å²) in [6.45, 7) is 1.55. The van der Waals surface area contributed by atoms with E-state index in [1.165, 1.54) is 12.1 Å². The van der Waals surface area contributed by atoms with Crippen LogP contribution in [0.2, 0.25) is 10.0 Å². The molecular weight excluding hydrogens is 421 g/mol. The number of hydrogen-bond acceptors (Lipinski definition) is 5. The van der Waals surface area contributed by atoms with Gasteiger partial charge in [-0.2, -0.15) is 0 Å². The van der Waals surface area contributed by atoms with Crippen molar-refractivity contribution < 1.29 is 13.2 Å². The Morgan fingerprint density at radius 3 is 2.46 bits per heavy atom. The second kappa shape index (κ2) is 8.26. The van der Waals surface area contributed by atoms with Crippen LogP contribution in [-0.4, -0.2) is 30.3 Å². The lowest BCUT2D eigenvalue weighted by Gasteiger charge is -2.09. The predicted molar refractivity (Wildman–Crippen MR) is 110 cm³/mol. The van der Waals surface area contributed by atoms with Gasteiger partial charge in [0.25, 0.3) is 5.91 Å². The molecule has 0 unspecified atom stereocenters. The largest absolute Gasteiger partial charge is 0.322 e. The topological polar surface area (TPSA) is 89.0 Å². The van der Waals surface area contributed by atoms with Crippen molar-refractivity contribution in [3.05, 3.63) is 70.2 Å². The standard InChI is InChI=1S/C19H15Cl2N3O3S/c1-2-28(26,27)18-9-8-17(23-24-18)12-4-3-5-14(10-12)22-19(25)15-7-6-13(20)11-16(15)21/h3-11H,2H2,1H3,(H,22,25). The number of nitrogens with one attached hydrogen (secondary N) is 1. The van der Waals surface area contributed by atoms with Crippen LogP contribution < -0.4 is 5.32 Å². The Kier molecular flexibility index (Phi) is 5.98. The Hall–Kier alpha value is -2.48. The number of carbonyl (C=O) groups excluding carboxylic acids is 1. The van der Waals surface area contributed by atoms with E-state index in [4.69, 9.17) is 23.2 Å². The third-order valence-electron chi connectivity index (χ3n) is 3.93. The Morgan fingerprint density at radius 2 is 1.82 bits per heavy atom. The Morgan fingerprint density at radius 1 is 1.04 bits per heavy atom. The molecule has 0 aliphatic carbocycles. The minimum Gasteiger partial charge on any atom is -0.322 e. The van der Waals surface area contributed by atoms with Gasteiger partial charge in [0.2, 0.25) is 0 Å². The molecule has 1 N–H and O–H groups in total. The summed E-state index contributed by atoms with van der Waals surface area (Å²) in [7, 11) is -3.41. The molecule has 1 aromatic heterocycles. The highest BCUT2D eigenvalue weighted by Crippen LogP contribution is 2.24. The first-order chi connectivity index (χ1) is 13.3. The van der Waals surface area contributed by atoms with E-state index in [0.29, 0.717) is 27.5 Å². The van der Waals surface area contributed by atoms with Gasteiger partial charge in [0.15, 0.2) is 14.9 Å². The maximum atomic E-state index is 12.4. The zero-order valence-electron chi connectivity index (χ0n) is 14.7. The van der Waals surface area contributed by atoms with E-state index in [-0.39, 0.29) is 21.7 Å². The lowest BCUT2D eigenvalue weighted by molar-refractivity contribution is 0.102. The second-order valence-corrected chi connectivity index (χ2v) is 8.89. The summed E-state index contributed by atoms with van der Waals surface area (Å²) in [6, 6.07) is 14.6. The van der Waals surface area contributed by atoms with E-state index < -0.39 is 9.84 Å². The second-order valence-electron chi connectivity index (χ2n) is 5.82. The van der Waals surface area contributed by atoms with Crippen LogP contribution in [-0.2, 0) is 9.84 Å².